The number of sulfonamides is 1. The van der Waals surface area contributed by atoms with Crippen LogP contribution >= 0.6 is 95.6 Å². The third-order valence-corrected chi connectivity index (χ3v) is 21.0. The van der Waals surface area contributed by atoms with Crippen molar-refractivity contribution in [2.24, 2.45) is 32.6 Å². The highest BCUT2D eigenvalue weighted by Crippen LogP contribution is 2.35. The molecule has 12 aromatic rings. The van der Waals surface area contributed by atoms with Crippen molar-refractivity contribution in [3.8, 4) is 52.1 Å². The molecule has 2 aliphatic rings. The summed E-state index contributed by atoms with van der Waals surface area (Å²) < 4.78 is 69.7. The average molecular weight is 2480 g/mol. The number of rotatable bonds is 15. The number of nitrogens with zero attached hydrogens (tertiary/aromatic N) is 35. The first kappa shape index (κ1) is 120. The molecule has 0 radical (unpaired) electrons. The number of hydrogen-bond donors (Lipinski definition) is 10. The molecule has 5 amide bonds. The van der Waals surface area contributed by atoms with E-state index in [1.807, 2.05) is 15.9 Å². The molecule has 149 heavy (non-hydrogen) atoms. The van der Waals surface area contributed by atoms with Crippen molar-refractivity contribution >= 4 is 212 Å². The first-order valence-corrected chi connectivity index (χ1v) is 48.9. The van der Waals surface area contributed by atoms with E-state index in [2.05, 4.69) is 246 Å². The van der Waals surface area contributed by atoms with Gasteiger partial charge in [-0.3, -0.25) is 4.79 Å². The standard InChI is InChI=1S/C21H31N7O5.C17H22BrN5O5.C13H17N9O3S.C7H8BrN5O2.C7H6BrN5O.C5H6BrN5O.C5H5BrN4O.C5H3BrN4/c1-13-24-16(26-33-13)15-17(23-12-14(25-15)27-10-8-22-9-11-27)28(18(29)31-20(2,3)4)19(30)32-21(5,6)7;1-9-20-12(22-28-9)11-13(19-8-10(18)21-11)23(14(24)26-16(2,3)4)15(25)27-17(5,6)7;1-3-26(23,24)22-6-4-21(5-7-22)10-8-15-12(18-20-14)11(17-10)13-16-9(2)25-19-13;1-3(14)15-13-7(10)5-6(9)11-2-4(8)12-5;1-3-11-7(13-14-3)5-6(9)10-2-4(8)12-5;6-2-1-9-4(7)3(10-2)5(8)11-12;6-2-1-9-4(7)3(10-2)5(8)11;6-4-2-9-5(8)3(1-7)10-4/h12,22H,8-11H2,1-7H3;8H,1-7H3;8H,3-7H2,1-2H3;2H,1H3,(H2,9,11)(H2,10,13);2H,1H3,(H2,9,10);1,12H,(H2,7,9)(H2,8,11);1H,(H2,7,9)(H2,8,11);2H,(H2,8,9). The fourth-order valence-corrected chi connectivity index (χ4v) is 13.5. The Morgan fingerprint density at radius 1 is 0.470 bits per heavy atom. The molecule has 0 atom stereocenters. The molecule has 794 valence electrons. The zero-order chi connectivity index (χ0) is 111. The number of ether oxygens (including phenoxy) is 4. The lowest BCUT2D eigenvalue weighted by Gasteiger charge is -2.34. The molecule has 18 N–H and O–H groups in total. The van der Waals surface area contributed by atoms with E-state index in [1.54, 1.807) is 118 Å². The van der Waals surface area contributed by atoms with Crippen LogP contribution in [0.25, 0.3) is 56.5 Å². The van der Waals surface area contributed by atoms with Crippen molar-refractivity contribution in [3.05, 3.63) is 134 Å². The lowest BCUT2D eigenvalue weighted by atomic mass is 10.2. The second-order valence-corrected chi connectivity index (χ2v) is 40.3. The summed E-state index contributed by atoms with van der Waals surface area (Å²) in [5, 5.41) is 44.8. The van der Waals surface area contributed by atoms with Gasteiger partial charge in [0, 0.05) is 91.9 Å². The number of nitrogen functional groups attached to an aromatic ring is 5. The zero-order valence-corrected chi connectivity index (χ0v) is 92.6. The maximum atomic E-state index is 13.1. The predicted octanol–water partition coefficient (Wildman–Crippen LogP) is 10.2. The zero-order valence-electron chi connectivity index (χ0n) is 82.3. The van der Waals surface area contributed by atoms with Crippen LogP contribution in [-0.2, 0) is 38.6 Å². The van der Waals surface area contributed by atoms with E-state index in [1.165, 1.54) is 60.8 Å². The molecule has 0 saturated carbocycles. The third-order valence-electron chi connectivity index (χ3n) is 16.9. The van der Waals surface area contributed by atoms with Crippen LogP contribution in [0.3, 0.4) is 0 Å². The normalized spacial score (nSPS) is 12.6. The van der Waals surface area contributed by atoms with Crippen LogP contribution < -0.4 is 70.8 Å². The minimum absolute atomic E-state index is 0.0145. The number of nitrogens with one attached hydrogen (secondary N) is 1. The first-order chi connectivity index (χ1) is 69.7. The van der Waals surface area contributed by atoms with Crippen molar-refractivity contribution in [1.82, 2.24) is 130 Å². The third kappa shape index (κ3) is 38.1. The van der Waals surface area contributed by atoms with Crippen LogP contribution in [0.4, 0.5) is 77.4 Å². The molecule has 0 bridgehead atoms. The van der Waals surface area contributed by atoms with E-state index in [-0.39, 0.29) is 127 Å². The fourth-order valence-electron chi connectivity index (χ4n) is 10.8. The molecule has 2 saturated heterocycles. The maximum absolute atomic E-state index is 13.1. The lowest BCUT2D eigenvalue weighted by molar-refractivity contribution is -0.141. The van der Waals surface area contributed by atoms with Gasteiger partial charge in [-0.05, 0) is 196 Å². The highest BCUT2D eigenvalue weighted by Gasteiger charge is 2.40. The van der Waals surface area contributed by atoms with E-state index in [4.69, 9.17) is 98.9 Å². The summed E-state index contributed by atoms with van der Waals surface area (Å²) in [6.07, 6.45) is 7.62. The number of aromatic nitrogens is 24. The van der Waals surface area contributed by atoms with Crippen LogP contribution in [0.2, 0.25) is 0 Å². The molecule has 62 nitrogen and oxygen atoms in total. The fraction of sp³-hybridized carbons (Fsp3) is 0.388. The highest BCUT2D eigenvalue weighted by molar-refractivity contribution is 9.11. The predicted molar refractivity (Wildman–Crippen MR) is 552 cm³/mol. The van der Waals surface area contributed by atoms with Crippen LogP contribution in [0.1, 0.15) is 148 Å². The number of nitriles is 1. The Kier molecular flexibility index (Phi) is 43.9. The Labute approximate surface area is 897 Å². The van der Waals surface area contributed by atoms with Gasteiger partial charge in [-0.2, -0.15) is 39.3 Å². The number of primary amides is 1. The minimum Gasteiger partial charge on any atom is -0.443 e. The Balaban J connectivity index is 0.000000239. The van der Waals surface area contributed by atoms with Gasteiger partial charge in [0.25, 0.3) is 5.91 Å². The smallest absolute Gasteiger partial charge is 0.425 e. The number of oxime groups is 2. The lowest BCUT2D eigenvalue weighted by Crippen LogP contribution is -2.49. The average Bonchev–Trinajstić information content (AvgIpc) is 1.76. The molecule has 0 aliphatic carbocycles. The SMILES string of the molecule is CC(=O)O/N=C(/N)c1nc(Br)cnc1N.CCS(=O)(=O)N1CCN(c2cnc(N=[N+]=[N-])c(-c3noc(C)n3)n2)CC1.Cc1nc(-c2nc(Br)cnc2N(C(=O)OC(C)(C)C)C(=O)OC(C)(C)C)no1.Cc1nc(-c2nc(Br)cnc2N)no1.Cc1nc(-c2nc(N3CCNCC3)cnc2N(C(=O)OC(C)(C)C)C(=O)OC(C)(C)C)no1.N#Cc1nc(Br)cnc1N.N/C(=N/O)c1nc(Br)cnc1N.NC(=O)c1nc(Br)cnc1N. The number of imide groups is 2. The Morgan fingerprint density at radius 2 is 0.805 bits per heavy atom. The number of amides is 5. The van der Waals surface area contributed by atoms with Crippen molar-refractivity contribution in [2.45, 2.75) is 147 Å². The van der Waals surface area contributed by atoms with Gasteiger partial charge >= 0.3 is 30.3 Å². The quantitative estimate of drug-likeness (QED) is 0.00525. The summed E-state index contributed by atoms with van der Waals surface area (Å²) in [7, 11) is -3.21. The number of azide groups is 1. The minimum atomic E-state index is -3.21. The molecule has 69 heteroatoms. The number of hydrogen-bond acceptors (Lipinski definition) is 54. The van der Waals surface area contributed by atoms with Gasteiger partial charge in [-0.1, -0.05) is 30.9 Å². The Hall–Kier alpha value is -15.5. The van der Waals surface area contributed by atoms with Crippen LogP contribution in [-0.4, -0.2) is 267 Å². The molecular weight excluding hydrogens is 2380 g/mol. The maximum Gasteiger partial charge on any atom is 0.425 e. The van der Waals surface area contributed by atoms with Crippen LogP contribution in [0.15, 0.2) is 111 Å². The summed E-state index contributed by atoms with van der Waals surface area (Å²) >= 11 is 18.6. The number of piperazine rings is 2. The van der Waals surface area contributed by atoms with E-state index < -0.39 is 68.7 Å². The summed E-state index contributed by atoms with van der Waals surface area (Å²) in [4.78, 5) is 166. The summed E-state index contributed by atoms with van der Waals surface area (Å²) in [6.45, 7) is 34.3. The molecular formula is C80H98Br6N44O18S. The Bertz CT molecular complexity index is 6960. The Morgan fingerprint density at radius 3 is 1.17 bits per heavy atom. The van der Waals surface area contributed by atoms with E-state index in [9.17, 15) is 37.2 Å². The number of nitrogens with two attached hydrogens (primary N) is 8. The van der Waals surface area contributed by atoms with Gasteiger partial charge in [0.2, 0.25) is 56.9 Å². The first-order valence-electron chi connectivity index (χ1n) is 42.6. The second kappa shape index (κ2) is 54.3. The van der Waals surface area contributed by atoms with Gasteiger partial charge in [-0.15, -0.1) is 0 Å². The van der Waals surface area contributed by atoms with Gasteiger partial charge < -0.3 is 108 Å². The number of carbonyl (C=O) groups excluding carboxylic acids is 6. The summed E-state index contributed by atoms with van der Waals surface area (Å²) in [5.74, 6) is 2.13. The second-order valence-electron chi connectivity index (χ2n) is 33.2. The van der Waals surface area contributed by atoms with Gasteiger partial charge in [0.1, 0.15) is 73.4 Å². The molecule has 14 rings (SSSR count). The van der Waals surface area contributed by atoms with Crippen molar-refractivity contribution in [2.75, 3.05) is 106 Å². The van der Waals surface area contributed by atoms with Crippen molar-refractivity contribution in [1.29, 1.82) is 5.26 Å². The van der Waals surface area contributed by atoms with E-state index in [0.29, 0.717) is 104 Å². The topological polar surface area (TPSA) is 899 Å². The molecule has 2 aliphatic heterocycles. The number of anilines is 9. The molecule has 12 aromatic heterocycles. The van der Waals surface area contributed by atoms with E-state index >= 15 is 0 Å². The number of aryl methyl sites for hydroxylation is 4. The molecule has 0 unspecified atom stereocenters. The van der Waals surface area contributed by atoms with Gasteiger partial charge in [-0.25, -0.2) is 112 Å². The highest BCUT2D eigenvalue weighted by atomic mass is 79.9. The monoisotopic (exact) mass is 2470 g/mol. The van der Waals surface area contributed by atoms with E-state index in [0.717, 1.165) is 26.2 Å². The largest absolute Gasteiger partial charge is 0.443 e. The van der Waals surface area contributed by atoms with Crippen LogP contribution in [0, 0.1) is 39.0 Å². The van der Waals surface area contributed by atoms with Crippen LogP contribution in [0.5, 0.6) is 0 Å². The van der Waals surface area contributed by atoms with Crippen molar-refractivity contribution < 1.29 is 84.3 Å². The van der Waals surface area contributed by atoms with Gasteiger partial charge in [0.05, 0.1) is 55.3 Å². The molecule has 0 spiro atoms. The number of carbonyl (C=O) groups is 6. The van der Waals surface area contributed by atoms with Gasteiger partial charge in [0.15, 0.2) is 98.1 Å². The molecule has 14 heterocycles. The molecule has 0 aromatic carbocycles. The number of amidine groups is 2. The summed E-state index contributed by atoms with van der Waals surface area (Å²) in [5.41, 5.74) is 49.2. The molecule has 2 fully saturated rings. The number of halogens is 6. The summed E-state index contributed by atoms with van der Waals surface area (Å²) in [6, 6.07) is 1.81. The van der Waals surface area contributed by atoms with Crippen molar-refractivity contribution in [3.63, 3.8) is 0 Å².